The summed E-state index contributed by atoms with van der Waals surface area (Å²) in [5.74, 6) is -0.334. The predicted octanol–water partition coefficient (Wildman–Crippen LogP) is 2.99. The van der Waals surface area contributed by atoms with E-state index in [4.69, 9.17) is 9.47 Å². The first-order valence-electron chi connectivity index (χ1n) is 6.53. The zero-order chi connectivity index (χ0) is 13.8. The molecule has 20 heavy (non-hydrogen) atoms. The van der Waals surface area contributed by atoms with Crippen LogP contribution >= 0.6 is 0 Å². The minimum Gasteiger partial charge on any atom is -0.459 e. The molecule has 0 spiro atoms. The second kappa shape index (κ2) is 5.75. The fourth-order valence-corrected chi connectivity index (χ4v) is 1.86. The predicted molar refractivity (Wildman–Crippen MR) is 76.2 cm³/mol. The van der Waals surface area contributed by atoms with E-state index in [9.17, 15) is 4.79 Å². The van der Waals surface area contributed by atoms with Crippen molar-refractivity contribution < 1.29 is 14.3 Å². The Balaban J connectivity index is 1.74. The van der Waals surface area contributed by atoms with Crippen LogP contribution in [-0.2, 0) is 9.47 Å². The number of esters is 1. The molecule has 2 aromatic carbocycles. The summed E-state index contributed by atoms with van der Waals surface area (Å²) in [6.07, 6.45) is 0.0770. The monoisotopic (exact) mass is 269 g/mol. The Labute approximate surface area is 117 Å². The van der Waals surface area contributed by atoms with Crippen LogP contribution in [0.15, 0.2) is 54.6 Å². The molecule has 1 saturated heterocycles. The van der Waals surface area contributed by atoms with E-state index < -0.39 is 0 Å². The minimum atomic E-state index is -0.334. The lowest BCUT2D eigenvalue weighted by Gasteiger charge is -2.11. The van der Waals surface area contributed by atoms with E-state index in [0.29, 0.717) is 18.8 Å². The number of hydrogen-bond donors (Lipinski definition) is 1. The lowest BCUT2D eigenvalue weighted by molar-refractivity contribution is 0.0478. The van der Waals surface area contributed by atoms with Crippen molar-refractivity contribution in [2.24, 2.45) is 0 Å². The first-order valence-corrected chi connectivity index (χ1v) is 6.53. The molecule has 0 aliphatic carbocycles. The van der Waals surface area contributed by atoms with Crippen molar-refractivity contribution in [3.8, 4) is 0 Å². The highest BCUT2D eigenvalue weighted by molar-refractivity contribution is 5.96. The molecule has 0 radical (unpaired) electrons. The molecule has 1 aliphatic heterocycles. The number of para-hydroxylation sites is 2. The highest BCUT2D eigenvalue weighted by Crippen LogP contribution is 2.22. The van der Waals surface area contributed by atoms with Gasteiger partial charge in [0.15, 0.2) is 0 Å². The van der Waals surface area contributed by atoms with E-state index in [1.165, 1.54) is 0 Å². The molecule has 1 atom stereocenters. The Kier molecular flexibility index (Phi) is 3.65. The van der Waals surface area contributed by atoms with Crippen molar-refractivity contribution in [3.63, 3.8) is 0 Å². The first-order chi connectivity index (χ1) is 9.83. The Bertz CT molecular complexity index is 594. The van der Waals surface area contributed by atoms with Crippen LogP contribution in [0, 0.1) is 0 Å². The SMILES string of the molecule is O=C(OCC1CO1)c1ccccc1Nc1ccccc1. The summed E-state index contributed by atoms with van der Waals surface area (Å²) in [5, 5.41) is 3.22. The third-order valence-corrected chi connectivity index (χ3v) is 3.00. The number of benzene rings is 2. The Hall–Kier alpha value is -2.33. The molecule has 1 fully saturated rings. The minimum absolute atomic E-state index is 0.0770. The normalized spacial score (nSPS) is 16.5. The summed E-state index contributed by atoms with van der Waals surface area (Å²) in [5.41, 5.74) is 2.19. The van der Waals surface area contributed by atoms with E-state index in [1.807, 2.05) is 48.5 Å². The van der Waals surface area contributed by atoms with Gasteiger partial charge >= 0.3 is 5.97 Å². The third kappa shape index (κ3) is 3.16. The number of carbonyl (C=O) groups is 1. The van der Waals surface area contributed by atoms with Gasteiger partial charge in [-0.15, -0.1) is 0 Å². The van der Waals surface area contributed by atoms with Crippen LogP contribution in [-0.4, -0.2) is 25.3 Å². The van der Waals surface area contributed by atoms with E-state index in [0.717, 1.165) is 11.4 Å². The molecule has 2 aromatic rings. The lowest BCUT2D eigenvalue weighted by Crippen LogP contribution is -2.11. The van der Waals surface area contributed by atoms with E-state index in [-0.39, 0.29) is 12.1 Å². The van der Waals surface area contributed by atoms with Gasteiger partial charge in [-0.3, -0.25) is 0 Å². The van der Waals surface area contributed by atoms with E-state index in [1.54, 1.807) is 6.07 Å². The van der Waals surface area contributed by atoms with Gasteiger partial charge < -0.3 is 14.8 Å². The number of rotatable bonds is 5. The molecule has 102 valence electrons. The summed E-state index contributed by atoms with van der Waals surface area (Å²) < 4.78 is 10.3. The third-order valence-electron chi connectivity index (χ3n) is 3.00. The van der Waals surface area contributed by atoms with Crippen LogP contribution < -0.4 is 5.32 Å². The van der Waals surface area contributed by atoms with Crippen LogP contribution in [0.2, 0.25) is 0 Å². The Morgan fingerprint density at radius 2 is 1.85 bits per heavy atom. The molecule has 1 aliphatic rings. The van der Waals surface area contributed by atoms with E-state index >= 15 is 0 Å². The molecular weight excluding hydrogens is 254 g/mol. The van der Waals surface area contributed by atoms with Crippen molar-refractivity contribution in [1.82, 2.24) is 0 Å². The maximum atomic E-state index is 12.1. The summed E-state index contributed by atoms with van der Waals surface area (Å²) in [7, 11) is 0. The average Bonchev–Trinajstić information content (AvgIpc) is 3.31. The summed E-state index contributed by atoms with van der Waals surface area (Å²) in [6, 6.07) is 17.0. The zero-order valence-corrected chi connectivity index (χ0v) is 10.9. The standard InChI is InChI=1S/C16H15NO3/c18-16(20-11-13-10-19-13)14-8-4-5-9-15(14)17-12-6-2-1-3-7-12/h1-9,13,17H,10-11H2. The quantitative estimate of drug-likeness (QED) is 0.669. The van der Waals surface area contributed by atoms with Gasteiger partial charge in [0.25, 0.3) is 0 Å². The molecule has 1 heterocycles. The van der Waals surface area contributed by atoms with Crippen molar-refractivity contribution >= 4 is 17.3 Å². The van der Waals surface area contributed by atoms with Gasteiger partial charge in [-0.1, -0.05) is 30.3 Å². The second-order valence-electron chi connectivity index (χ2n) is 4.59. The average molecular weight is 269 g/mol. The fraction of sp³-hybridized carbons (Fsp3) is 0.188. The first kappa shape index (κ1) is 12.7. The van der Waals surface area contributed by atoms with Crippen LogP contribution in [0.3, 0.4) is 0 Å². The molecule has 4 heteroatoms. The molecule has 0 bridgehead atoms. The van der Waals surface area contributed by atoms with Gasteiger partial charge in [0, 0.05) is 5.69 Å². The topological polar surface area (TPSA) is 50.9 Å². The van der Waals surface area contributed by atoms with Gasteiger partial charge in [-0.2, -0.15) is 0 Å². The van der Waals surface area contributed by atoms with Gasteiger partial charge in [0.05, 0.1) is 17.9 Å². The Morgan fingerprint density at radius 1 is 1.15 bits per heavy atom. The van der Waals surface area contributed by atoms with E-state index in [2.05, 4.69) is 5.32 Å². The summed E-state index contributed by atoms with van der Waals surface area (Å²) >= 11 is 0. The Morgan fingerprint density at radius 3 is 2.60 bits per heavy atom. The lowest BCUT2D eigenvalue weighted by atomic mass is 10.1. The molecule has 3 rings (SSSR count). The molecule has 0 saturated carbocycles. The smallest absolute Gasteiger partial charge is 0.340 e. The van der Waals surface area contributed by atoms with Crippen molar-refractivity contribution in [2.75, 3.05) is 18.5 Å². The van der Waals surface area contributed by atoms with Gasteiger partial charge in [-0.05, 0) is 24.3 Å². The summed E-state index contributed by atoms with van der Waals surface area (Å²) in [4.78, 5) is 12.1. The zero-order valence-electron chi connectivity index (χ0n) is 10.9. The molecular formula is C16H15NO3. The molecule has 0 aromatic heterocycles. The maximum Gasteiger partial charge on any atom is 0.340 e. The molecule has 1 unspecified atom stereocenters. The molecule has 0 amide bonds. The highest BCUT2D eigenvalue weighted by atomic mass is 16.6. The second-order valence-corrected chi connectivity index (χ2v) is 4.59. The van der Waals surface area contributed by atoms with Gasteiger partial charge in [0.2, 0.25) is 0 Å². The highest BCUT2D eigenvalue weighted by Gasteiger charge is 2.25. The number of nitrogens with one attached hydrogen (secondary N) is 1. The fourth-order valence-electron chi connectivity index (χ4n) is 1.86. The van der Waals surface area contributed by atoms with Crippen LogP contribution in [0.25, 0.3) is 0 Å². The number of epoxide rings is 1. The van der Waals surface area contributed by atoms with Crippen LogP contribution in [0.4, 0.5) is 11.4 Å². The number of carbonyl (C=O) groups excluding carboxylic acids is 1. The van der Waals surface area contributed by atoms with Gasteiger partial charge in [-0.25, -0.2) is 4.79 Å². The van der Waals surface area contributed by atoms with Crippen LogP contribution in [0.1, 0.15) is 10.4 Å². The maximum absolute atomic E-state index is 12.1. The van der Waals surface area contributed by atoms with Gasteiger partial charge in [0.1, 0.15) is 12.7 Å². The number of ether oxygens (including phenoxy) is 2. The van der Waals surface area contributed by atoms with Crippen molar-refractivity contribution in [1.29, 1.82) is 0 Å². The van der Waals surface area contributed by atoms with Crippen molar-refractivity contribution in [2.45, 2.75) is 6.10 Å². The van der Waals surface area contributed by atoms with Crippen molar-refractivity contribution in [3.05, 3.63) is 60.2 Å². The summed E-state index contributed by atoms with van der Waals surface area (Å²) in [6.45, 7) is 0.996. The molecule has 4 nitrogen and oxygen atoms in total. The molecule has 1 N–H and O–H groups in total. The van der Waals surface area contributed by atoms with Crippen LogP contribution in [0.5, 0.6) is 0 Å². The largest absolute Gasteiger partial charge is 0.459 e. The number of anilines is 2. The number of hydrogen-bond acceptors (Lipinski definition) is 4.